The van der Waals surface area contributed by atoms with Gasteiger partial charge < -0.3 is 19.7 Å². The van der Waals surface area contributed by atoms with E-state index in [2.05, 4.69) is 26.7 Å². The first kappa shape index (κ1) is 31.3. The lowest BCUT2D eigenvalue weighted by Gasteiger charge is -2.38. The Morgan fingerprint density at radius 1 is 1.11 bits per heavy atom. The summed E-state index contributed by atoms with van der Waals surface area (Å²) in [6, 6.07) is 6.08. The van der Waals surface area contributed by atoms with E-state index in [4.69, 9.17) is 29.3 Å². The molecule has 38 heavy (non-hydrogen) atoms. The summed E-state index contributed by atoms with van der Waals surface area (Å²) in [7, 11) is 0. The number of alkyl halides is 6. The zero-order valence-electron chi connectivity index (χ0n) is 19.9. The molecule has 212 valence electrons. The smallest absolute Gasteiger partial charge is 0.489 e. The van der Waals surface area contributed by atoms with E-state index in [9.17, 15) is 26.3 Å². The largest absolute Gasteiger partial charge is 0.490 e. The summed E-state index contributed by atoms with van der Waals surface area (Å²) in [6.07, 6.45) is -2.83. The van der Waals surface area contributed by atoms with E-state index in [1.165, 1.54) is 31.5 Å². The minimum absolute atomic E-state index is 0.216. The predicted molar refractivity (Wildman–Crippen MR) is 123 cm³/mol. The van der Waals surface area contributed by atoms with Crippen molar-refractivity contribution >= 4 is 23.3 Å². The zero-order valence-corrected chi connectivity index (χ0v) is 20.7. The van der Waals surface area contributed by atoms with Crippen molar-refractivity contribution < 1.29 is 55.6 Å². The van der Waals surface area contributed by atoms with Crippen LogP contribution in [0.15, 0.2) is 41.4 Å². The van der Waals surface area contributed by atoms with Crippen LogP contribution >= 0.6 is 11.3 Å². The maximum atomic E-state index is 10.6. The fraction of sp³-hybridized carbons (Fsp3) is 0.522. The summed E-state index contributed by atoms with van der Waals surface area (Å²) >= 11 is 1.79. The van der Waals surface area contributed by atoms with Gasteiger partial charge >= 0.3 is 24.3 Å². The number of halogens is 6. The number of carbonyl (C=O) groups is 2. The van der Waals surface area contributed by atoms with Gasteiger partial charge in [-0.05, 0) is 72.3 Å². The lowest BCUT2D eigenvalue weighted by Crippen LogP contribution is -2.40. The van der Waals surface area contributed by atoms with Crippen molar-refractivity contribution in [3.63, 3.8) is 0 Å². The van der Waals surface area contributed by atoms with Gasteiger partial charge in [0.1, 0.15) is 12.4 Å². The summed E-state index contributed by atoms with van der Waals surface area (Å²) in [4.78, 5) is 24.4. The topological polar surface area (TPSA) is 109 Å². The van der Waals surface area contributed by atoms with E-state index in [0.717, 1.165) is 25.3 Å². The fourth-order valence-electron chi connectivity index (χ4n) is 3.80. The van der Waals surface area contributed by atoms with Gasteiger partial charge in [0.2, 0.25) is 0 Å². The maximum Gasteiger partial charge on any atom is 0.490 e. The van der Waals surface area contributed by atoms with Crippen LogP contribution in [0.25, 0.3) is 0 Å². The zero-order chi connectivity index (χ0) is 28.4. The van der Waals surface area contributed by atoms with Gasteiger partial charge in [-0.15, -0.1) is 0 Å². The van der Waals surface area contributed by atoms with Gasteiger partial charge in [-0.2, -0.15) is 37.7 Å². The van der Waals surface area contributed by atoms with Crippen molar-refractivity contribution in [1.29, 1.82) is 0 Å². The van der Waals surface area contributed by atoms with Crippen LogP contribution in [0.2, 0.25) is 0 Å². The van der Waals surface area contributed by atoms with Crippen molar-refractivity contribution in [2.45, 2.75) is 44.3 Å². The number of piperidine rings is 1. The second-order valence-corrected chi connectivity index (χ2v) is 9.43. The first-order valence-corrected chi connectivity index (χ1v) is 12.1. The Hall–Kier alpha value is -2.91. The summed E-state index contributed by atoms with van der Waals surface area (Å²) in [5.41, 5.74) is 1.81. The summed E-state index contributed by atoms with van der Waals surface area (Å²) in [5, 5.41) is 18.7. The number of carboxylic acid groups (broad SMARTS) is 2. The molecule has 0 aliphatic carbocycles. The van der Waals surface area contributed by atoms with Gasteiger partial charge in [-0.25, -0.2) is 9.59 Å². The molecule has 0 radical (unpaired) electrons. The van der Waals surface area contributed by atoms with Gasteiger partial charge in [-0.3, -0.25) is 9.88 Å². The average molecular weight is 573 g/mol. The van der Waals surface area contributed by atoms with Crippen molar-refractivity contribution in [1.82, 2.24) is 9.88 Å². The van der Waals surface area contributed by atoms with Gasteiger partial charge in [0, 0.05) is 12.7 Å². The van der Waals surface area contributed by atoms with Crippen LogP contribution in [-0.4, -0.2) is 76.8 Å². The highest BCUT2D eigenvalue weighted by molar-refractivity contribution is 7.07. The fourth-order valence-corrected chi connectivity index (χ4v) is 4.46. The third kappa shape index (κ3) is 10.8. The monoisotopic (exact) mass is 572 g/mol. The third-order valence-corrected chi connectivity index (χ3v) is 6.48. The van der Waals surface area contributed by atoms with Crippen LogP contribution in [0.1, 0.15) is 24.8 Å². The van der Waals surface area contributed by atoms with Crippen molar-refractivity contribution in [3.05, 3.63) is 46.9 Å². The summed E-state index contributed by atoms with van der Waals surface area (Å²) < 4.78 is 75.3. The Morgan fingerprint density at radius 2 is 1.71 bits per heavy atom. The molecule has 4 rings (SSSR count). The first-order valence-electron chi connectivity index (χ1n) is 11.2. The van der Waals surface area contributed by atoms with Crippen LogP contribution in [-0.2, 0) is 20.9 Å². The molecule has 2 fully saturated rings. The predicted octanol–water partition coefficient (Wildman–Crippen LogP) is 4.86. The molecule has 2 saturated heterocycles. The molecule has 2 aliphatic rings. The molecule has 2 aromatic rings. The number of likely N-dealkylation sites (tertiary alicyclic amines) is 1. The van der Waals surface area contributed by atoms with Gasteiger partial charge in [0.15, 0.2) is 0 Å². The van der Waals surface area contributed by atoms with Crippen molar-refractivity contribution in [3.8, 4) is 5.75 Å². The SMILES string of the molecule is O=C(O)C(F)(F)F.O=C(O)C(F)(F)F.c1cncc(OCC2CC3(CCN(Cc4ccsc4)CC3)CO2)c1. The maximum absolute atomic E-state index is 10.6. The van der Waals surface area contributed by atoms with Crippen LogP contribution in [0.5, 0.6) is 5.75 Å². The molecule has 1 spiro atoms. The van der Waals surface area contributed by atoms with Crippen molar-refractivity contribution in [2.75, 3.05) is 26.3 Å². The molecule has 8 nitrogen and oxygen atoms in total. The Labute approximate surface area is 217 Å². The molecule has 0 aromatic carbocycles. The number of ether oxygens (including phenoxy) is 2. The molecular formula is C23H26F6N2O6S. The second kappa shape index (κ2) is 13.8. The minimum Gasteiger partial charge on any atom is -0.489 e. The number of rotatable bonds is 5. The molecule has 0 saturated carbocycles. The molecule has 1 atom stereocenters. The molecule has 2 aliphatic heterocycles. The number of hydrogen-bond donors (Lipinski definition) is 2. The molecule has 1 unspecified atom stereocenters. The van der Waals surface area contributed by atoms with Crippen LogP contribution in [0.4, 0.5) is 26.3 Å². The van der Waals surface area contributed by atoms with Crippen LogP contribution < -0.4 is 4.74 Å². The molecule has 15 heteroatoms. The quantitative estimate of drug-likeness (QED) is 0.489. The number of thiophene rings is 1. The summed E-state index contributed by atoms with van der Waals surface area (Å²) in [6.45, 7) is 4.96. The van der Waals surface area contributed by atoms with E-state index >= 15 is 0 Å². The van der Waals surface area contributed by atoms with Gasteiger partial charge in [-0.1, -0.05) is 0 Å². The Kier molecular flexibility index (Phi) is 11.3. The normalized spacial score (nSPS) is 19.1. The standard InChI is InChI=1S/C19H24N2O2S.2C2HF3O2/c1-2-17(11-20-6-1)22-13-18-10-19(15-23-18)4-7-21(8-5-19)12-16-3-9-24-14-16;2*3-2(4,5)1(6)7/h1-3,6,9,11,14,18H,4-5,7-8,10,12-13,15H2;2*(H,6,7). The Balaban J connectivity index is 0.000000301. The number of hydrogen-bond acceptors (Lipinski definition) is 7. The minimum atomic E-state index is -5.08. The van der Waals surface area contributed by atoms with E-state index in [-0.39, 0.29) is 6.10 Å². The number of carboxylic acids is 2. The number of nitrogens with zero attached hydrogens (tertiary/aromatic N) is 2. The molecule has 4 heterocycles. The van der Waals surface area contributed by atoms with Gasteiger partial charge in [0.05, 0.1) is 18.9 Å². The number of aliphatic carboxylic acids is 2. The molecular weight excluding hydrogens is 546 g/mol. The van der Waals surface area contributed by atoms with E-state index in [1.54, 1.807) is 23.7 Å². The lowest BCUT2D eigenvalue weighted by atomic mass is 9.76. The second-order valence-electron chi connectivity index (χ2n) is 8.65. The lowest BCUT2D eigenvalue weighted by molar-refractivity contribution is -0.193. The molecule has 0 bridgehead atoms. The number of pyridine rings is 1. The average Bonchev–Trinajstić information content (AvgIpc) is 3.50. The van der Waals surface area contributed by atoms with Crippen LogP contribution in [0, 0.1) is 5.41 Å². The van der Waals surface area contributed by atoms with E-state index in [1.807, 2.05) is 12.1 Å². The Morgan fingerprint density at radius 3 is 2.18 bits per heavy atom. The van der Waals surface area contributed by atoms with Crippen LogP contribution in [0.3, 0.4) is 0 Å². The highest BCUT2D eigenvalue weighted by atomic mass is 32.1. The highest BCUT2D eigenvalue weighted by Gasteiger charge is 2.42. The molecule has 2 N–H and O–H groups in total. The molecule has 0 amide bonds. The Bertz CT molecular complexity index is 972. The third-order valence-electron chi connectivity index (χ3n) is 5.74. The first-order chi connectivity index (χ1) is 17.7. The molecule has 2 aromatic heterocycles. The van der Waals surface area contributed by atoms with E-state index < -0.39 is 24.3 Å². The highest BCUT2D eigenvalue weighted by Crippen LogP contribution is 2.42. The van der Waals surface area contributed by atoms with Crippen molar-refractivity contribution in [2.24, 2.45) is 5.41 Å². The van der Waals surface area contributed by atoms with E-state index in [0.29, 0.717) is 12.0 Å². The summed E-state index contributed by atoms with van der Waals surface area (Å²) in [5.74, 6) is -4.69. The number of aromatic nitrogens is 1. The van der Waals surface area contributed by atoms with Gasteiger partial charge in [0.25, 0.3) is 0 Å².